The standard InChI is InChI=1S/C21H31NO4/c1-5-25-19(23)13-10-16-8-11-17(12-9-16)18-7-6-14-22(15-18)20(24)26-21(2,3)4/h8-9,11-12,18H,5-7,10,13-15H2,1-4H3/t18-/m1/s1. The van der Waals surface area contributed by atoms with Crippen LogP contribution in [-0.2, 0) is 20.7 Å². The van der Waals surface area contributed by atoms with Gasteiger partial charge in [-0.2, -0.15) is 0 Å². The van der Waals surface area contributed by atoms with Crippen molar-refractivity contribution in [1.82, 2.24) is 4.90 Å². The second-order valence-electron chi connectivity index (χ2n) is 7.81. The van der Waals surface area contributed by atoms with Crippen molar-refractivity contribution < 1.29 is 19.1 Å². The van der Waals surface area contributed by atoms with Gasteiger partial charge >= 0.3 is 12.1 Å². The average molecular weight is 361 g/mol. The summed E-state index contributed by atoms with van der Waals surface area (Å²) >= 11 is 0. The molecule has 0 aliphatic carbocycles. The number of nitrogens with zero attached hydrogens (tertiary/aromatic N) is 1. The normalized spacial score (nSPS) is 17.7. The van der Waals surface area contributed by atoms with E-state index in [0.29, 0.717) is 31.9 Å². The molecule has 0 radical (unpaired) electrons. The van der Waals surface area contributed by atoms with Gasteiger partial charge < -0.3 is 14.4 Å². The monoisotopic (exact) mass is 361 g/mol. The first-order valence-electron chi connectivity index (χ1n) is 9.51. The van der Waals surface area contributed by atoms with Crippen molar-refractivity contribution >= 4 is 12.1 Å². The Morgan fingerprint density at radius 2 is 1.88 bits per heavy atom. The lowest BCUT2D eigenvalue weighted by Gasteiger charge is -2.34. The predicted octanol–water partition coefficient (Wildman–Crippen LogP) is 4.30. The molecule has 5 nitrogen and oxygen atoms in total. The first kappa shape index (κ1) is 20.3. The maximum atomic E-state index is 12.3. The van der Waals surface area contributed by atoms with Gasteiger partial charge in [0, 0.05) is 25.4 Å². The molecule has 1 saturated heterocycles. The highest BCUT2D eigenvalue weighted by molar-refractivity contribution is 5.69. The van der Waals surface area contributed by atoms with Gasteiger partial charge in [-0.15, -0.1) is 0 Å². The zero-order valence-electron chi connectivity index (χ0n) is 16.4. The summed E-state index contributed by atoms with van der Waals surface area (Å²) in [5.74, 6) is 0.173. The lowest BCUT2D eigenvalue weighted by atomic mass is 9.90. The Bertz CT molecular complexity index is 603. The van der Waals surface area contributed by atoms with Crippen LogP contribution in [0.1, 0.15) is 64.0 Å². The van der Waals surface area contributed by atoms with E-state index in [0.717, 1.165) is 24.9 Å². The zero-order valence-corrected chi connectivity index (χ0v) is 16.4. The van der Waals surface area contributed by atoms with Crippen molar-refractivity contribution in [2.75, 3.05) is 19.7 Å². The highest BCUT2D eigenvalue weighted by atomic mass is 16.6. The van der Waals surface area contributed by atoms with E-state index < -0.39 is 5.60 Å². The maximum Gasteiger partial charge on any atom is 0.410 e. The molecule has 0 spiro atoms. The molecular formula is C21H31NO4. The van der Waals surface area contributed by atoms with Gasteiger partial charge in [-0.25, -0.2) is 4.79 Å². The van der Waals surface area contributed by atoms with Gasteiger partial charge in [0.2, 0.25) is 0 Å². The minimum absolute atomic E-state index is 0.156. The zero-order chi connectivity index (χ0) is 19.2. The van der Waals surface area contributed by atoms with Crippen LogP contribution in [0.4, 0.5) is 4.79 Å². The molecule has 1 aromatic carbocycles. The molecular weight excluding hydrogens is 330 g/mol. The summed E-state index contributed by atoms with van der Waals surface area (Å²) in [6.45, 7) is 9.36. The number of hydrogen-bond acceptors (Lipinski definition) is 4. The van der Waals surface area contributed by atoms with E-state index in [9.17, 15) is 9.59 Å². The topological polar surface area (TPSA) is 55.8 Å². The van der Waals surface area contributed by atoms with E-state index in [4.69, 9.17) is 9.47 Å². The van der Waals surface area contributed by atoms with E-state index in [2.05, 4.69) is 24.3 Å². The van der Waals surface area contributed by atoms with Gasteiger partial charge in [0.05, 0.1) is 6.61 Å². The van der Waals surface area contributed by atoms with Gasteiger partial charge in [-0.05, 0) is 58.1 Å². The number of carbonyl (C=O) groups excluding carboxylic acids is 2. The van der Waals surface area contributed by atoms with E-state index in [1.54, 1.807) is 0 Å². The van der Waals surface area contributed by atoms with E-state index in [1.807, 2.05) is 32.6 Å². The summed E-state index contributed by atoms with van der Waals surface area (Å²) in [5, 5.41) is 0. The molecule has 0 N–H and O–H groups in total. The van der Waals surface area contributed by atoms with Crippen LogP contribution in [0, 0.1) is 0 Å². The molecule has 1 aliphatic heterocycles. The van der Waals surface area contributed by atoms with Crippen molar-refractivity contribution in [2.24, 2.45) is 0 Å². The first-order valence-corrected chi connectivity index (χ1v) is 9.51. The van der Waals surface area contributed by atoms with Crippen LogP contribution in [0.15, 0.2) is 24.3 Å². The fourth-order valence-electron chi connectivity index (χ4n) is 3.18. The number of rotatable bonds is 5. The number of benzene rings is 1. The second kappa shape index (κ2) is 9.06. The summed E-state index contributed by atoms with van der Waals surface area (Å²) < 4.78 is 10.5. The summed E-state index contributed by atoms with van der Waals surface area (Å²) in [7, 11) is 0. The molecule has 0 saturated carbocycles. The molecule has 0 bridgehead atoms. The summed E-state index contributed by atoms with van der Waals surface area (Å²) in [5.41, 5.74) is 1.89. The highest BCUT2D eigenvalue weighted by Gasteiger charge is 2.28. The molecule has 1 amide bonds. The smallest absolute Gasteiger partial charge is 0.410 e. The minimum atomic E-state index is -0.468. The van der Waals surface area contributed by atoms with Crippen LogP contribution < -0.4 is 0 Å². The Hall–Kier alpha value is -2.04. The average Bonchev–Trinajstić information content (AvgIpc) is 2.59. The van der Waals surface area contributed by atoms with Gasteiger partial charge in [0.25, 0.3) is 0 Å². The SMILES string of the molecule is CCOC(=O)CCc1ccc([C@@H]2CCCN(C(=O)OC(C)(C)C)C2)cc1. The molecule has 1 atom stereocenters. The van der Waals surface area contributed by atoms with Crippen molar-refractivity contribution in [3.05, 3.63) is 35.4 Å². The molecule has 0 unspecified atom stereocenters. The van der Waals surface area contributed by atoms with Gasteiger partial charge in [-0.3, -0.25) is 4.79 Å². The van der Waals surface area contributed by atoms with Crippen LogP contribution in [-0.4, -0.2) is 42.3 Å². The third-order valence-electron chi connectivity index (χ3n) is 4.45. The van der Waals surface area contributed by atoms with Crippen LogP contribution in [0.3, 0.4) is 0 Å². The molecule has 26 heavy (non-hydrogen) atoms. The molecule has 1 aromatic rings. The predicted molar refractivity (Wildman–Crippen MR) is 101 cm³/mol. The number of esters is 1. The maximum absolute atomic E-state index is 12.3. The summed E-state index contributed by atoms with van der Waals surface area (Å²) in [6, 6.07) is 8.37. The largest absolute Gasteiger partial charge is 0.466 e. The molecule has 1 fully saturated rings. The molecule has 1 heterocycles. The Morgan fingerprint density at radius 3 is 2.50 bits per heavy atom. The number of aryl methyl sites for hydroxylation is 1. The van der Waals surface area contributed by atoms with Crippen LogP contribution in [0.5, 0.6) is 0 Å². The van der Waals surface area contributed by atoms with Crippen molar-refractivity contribution in [1.29, 1.82) is 0 Å². The quantitative estimate of drug-likeness (QED) is 0.734. The fourth-order valence-corrected chi connectivity index (χ4v) is 3.18. The number of hydrogen-bond donors (Lipinski definition) is 0. The Kier molecular flexibility index (Phi) is 7.06. The van der Waals surface area contributed by atoms with Gasteiger partial charge in [-0.1, -0.05) is 24.3 Å². The Morgan fingerprint density at radius 1 is 1.19 bits per heavy atom. The van der Waals surface area contributed by atoms with E-state index in [1.165, 1.54) is 5.56 Å². The third-order valence-corrected chi connectivity index (χ3v) is 4.45. The Balaban J connectivity index is 1.91. The lowest BCUT2D eigenvalue weighted by molar-refractivity contribution is -0.143. The molecule has 5 heteroatoms. The Labute approximate surface area is 156 Å². The number of carbonyl (C=O) groups is 2. The lowest BCUT2D eigenvalue weighted by Crippen LogP contribution is -2.42. The van der Waals surface area contributed by atoms with Crippen molar-refractivity contribution in [3.63, 3.8) is 0 Å². The van der Waals surface area contributed by atoms with Gasteiger partial charge in [0.1, 0.15) is 5.60 Å². The number of piperidine rings is 1. The second-order valence-corrected chi connectivity index (χ2v) is 7.81. The van der Waals surface area contributed by atoms with Gasteiger partial charge in [0.15, 0.2) is 0 Å². The van der Waals surface area contributed by atoms with Crippen molar-refractivity contribution in [3.8, 4) is 0 Å². The van der Waals surface area contributed by atoms with Crippen LogP contribution >= 0.6 is 0 Å². The molecule has 1 aliphatic rings. The van der Waals surface area contributed by atoms with Crippen LogP contribution in [0.25, 0.3) is 0 Å². The third kappa shape index (κ3) is 6.36. The summed E-state index contributed by atoms with van der Waals surface area (Å²) in [6.07, 6.45) is 2.92. The first-order chi connectivity index (χ1) is 12.3. The molecule has 144 valence electrons. The van der Waals surface area contributed by atoms with Crippen molar-refractivity contribution in [2.45, 2.75) is 64.9 Å². The number of likely N-dealkylation sites (tertiary alicyclic amines) is 1. The highest BCUT2D eigenvalue weighted by Crippen LogP contribution is 2.28. The number of amides is 1. The van der Waals surface area contributed by atoms with E-state index in [-0.39, 0.29) is 12.1 Å². The van der Waals surface area contributed by atoms with E-state index >= 15 is 0 Å². The van der Waals surface area contributed by atoms with Crippen LogP contribution in [0.2, 0.25) is 0 Å². The fraction of sp³-hybridized carbons (Fsp3) is 0.619. The summed E-state index contributed by atoms with van der Waals surface area (Å²) in [4.78, 5) is 25.6. The minimum Gasteiger partial charge on any atom is -0.466 e. The molecule has 2 rings (SSSR count). The number of ether oxygens (including phenoxy) is 2. The molecule has 0 aromatic heterocycles.